The maximum Gasteiger partial charge on any atom is 0.323 e. The molecule has 0 unspecified atom stereocenters. The normalized spacial score (nSPS) is 10.3. The molecule has 1 N–H and O–H groups in total. The molecule has 0 atom stereocenters. The smallest absolute Gasteiger partial charge is 0.323 e. The Morgan fingerprint density at radius 1 is 1.58 bits per heavy atom. The van der Waals surface area contributed by atoms with Crippen molar-refractivity contribution in [2.45, 2.75) is 6.42 Å². The number of aromatic nitrogens is 2. The van der Waals surface area contributed by atoms with Crippen LogP contribution in [-0.2, 0) is 16.0 Å². The molecule has 0 bridgehead atoms. The molecule has 0 radical (unpaired) electrons. The molecule has 0 spiro atoms. The molecule has 98 valence electrons. The molecular formula is C12H11N3O3S. The van der Waals surface area contributed by atoms with Crippen LogP contribution in [0.4, 0.5) is 0 Å². The number of fused-ring (bicyclic) bond motifs is 1. The van der Waals surface area contributed by atoms with Crippen LogP contribution >= 0.6 is 11.3 Å². The maximum absolute atomic E-state index is 12.0. The van der Waals surface area contributed by atoms with E-state index >= 15 is 0 Å². The highest BCUT2D eigenvalue weighted by Crippen LogP contribution is 2.12. The summed E-state index contributed by atoms with van der Waals surface area (Å²) in [6.45, 7) is -0.418. The van der Waals surface area contributed by atoms with E-state index in [9.17, 15) is 9.59 Å². The summed E-state index contributed by atoms with van der Waals surface area (Å²) in [5.41, 5.74) is 0.601. The number of carboxylic acid groups (broad SMARTS) is 1. The van der Waals surface area contributed by atoms with Crippen molar-refractivity contribution in [2.75, 3.05) is 13.1 Å². The average molecular weight is 277 g/mol. The second kappa shape index (κ2) is 5.54. The van der Waals surface area contributed by atoms with Crippen LogP contribution in [0, 0.1) is 12.3 Å². The highest BCUT2D eigenvalue weighted by Gasteiger charge is 2.17. The van der Waals surface area contributed by atoms with Crippen LogP contribution < -0.4 is 0 Å². The molecule has 7 heteroatoms. The van der Waals surface area contributed by atoms with Gasteiger partial charge in [-0.3, -0.25) is 14.0 Å². The highest BCUT2D eigenvalue weighted by molar-refractivity contribution is 7.15. The zero-order valence-corrected chi connectivity index (χ0v) is 10.8. The first-order valence-electron chi connectivity index (χ1n) is 5.44. The Hall–Kier alpha value is -2.33. The third-order valence-electron chi connectivity index (χ3n) is 2.44. The predicted octanol–water partition coefficient (Wildman–Crippen LogP) is 0.485. The zero-order valence-electron chi connectivity index (χ0n) is 9.94. The molecule has 1 amide bonds. The van der Waals surface area contributed by atoms with Gasteiger partial charge in [0.25, 0.3) is 0 Å². The van der Waals surface area contributed by atoms with Gasteiger partial charge < -0.3 is 10.0 Å². The number of hydrogen-bond donors (Lipinski definition) is 1. The van der Waals surface area contributed by atoms with Gasteiger partial charge in [-0.2, -0.15) is 0 Å². The summed E-state index contributed by atoms with van der Waals surface area (Å²) in [6, 6.07) is 0. The molecule has 0 saturated carbocycles. The van der Waals surface area contributed by atoms with E-state index in [1.807, 2.05) is 16.0 Å². The van der Waals surface area contributed by atoms with Crippen LogP contribution in [0.15, 0.2) is 17.8 Å². The molecular weight excluding hydrogens is 266 g/mol. The van der Waals surface area contributed by atoms with Crippen LogP contribution in [-0.4, -0.2) is 44.4 Å². The lowest BCUT2D eigenvalue weighted by atomic mass is 10.3. The van der Waals surface area contributed by atoms with E-state index in [1.165, 1.54) is 11.3 Å². The van der Waals surface area contributed by atoms with Crippen LogP contribution in [0.3, 0.4) is 0 Å². The van der Waals surface area contributed by atoms with Crippen molar-refractivity contribution in [3.63, 3.8) is 0 Å². The Balaban J connectivity index is 2.07. The Morgan fingerprint density at radius 2 is 2.37 bits per heavy atom. The molecule has 0 aliphatic carbocycles. The Morgan fingerprint density at radius 3 is 3.00 bits per heavy atom. The molecule has 0 saturated heterocycles. The zero-order chi connectivity index (χ0) is 13.8. The molecule has 0 fully saturated rings. The second-order valence-electron chi connectivity index (χ2n) is 3.85. The van der Waals surface area contributed by atoms with E-state index in [0.717, 1.165) is 9.86 Å². The number of rotatable bonds is 5. The minimum Gasteiger partial charge on any atom is -0.480 e. The van der Waals surface area contributed by atoms with Gasteiger partial charge in [0, 0.05) is 17.8 Å². The van der Waals surface area contributed by atoms with E-state index < -0.39 is 12.5 Å². The average Bonchev–Trinajstić information content (AvgIpc) is 2.88. The standard InChI is InChI=1S/C12H11N3O3S/c1-2-3-14(8-11(17)18)10(16)6-9-7-15-4-5-19-12(15)13-9/h1,4-5,7H,3,6,8H2,(H,17,18). The number of thiazole rings is 1. The Labute approximate surface area is 113 Å². The SMILES string of the molecule is C#CCN(CC(=O)O)C(=O)Cc1cn2ccsc2n1. The maximum atomic E-state index is 12.0. The number of carboxylic acids is 1. The first kappa shape index (κ1) is 13.1. The fourth-order valence-electron chi connectivity index (χ4n) is 1.63. The van der Waals surface area contributed by atoms with Crippen LogP contribution in [0.5, 0.6) is 0 Å². The number of carbonyl (C=O) groups excluding carboxylic acids is 1. The van der Waals surface area contributed by atoms with Crippen molar-refractivity contribution in [1.82, 2.24) is 14.3 Å². The Bertz CT molecular complexity index is 624. The highest BCUT2D eigenvalue weighted by atomic mass is 32.1. The van der Waals surface area contributed by atoms with Crippen molar-refractivity contribution in [2.24, 2.45) is 0 Å². The molecule has 2 aromatic heterocycles. The van der Waals surface area contributed by atoms with E-state index in [4.69, 9.17) is 11.5 Å². The van der Waals surface area contributed by atoms with Gasteiger partial charge in [-0.15, -0.1) is 17.8 Å². The topological polar surface area (TPSA) is 74.9 Å². The van der Waals surface area contributed by atoms with Crippen molar-refractivity contribution < 1.29 is 14.7 Å². The minimum absolute atomic E-state index is 0.0205. The molecule has 0 aromatic carbocycles. The van der Waals surface area contributed by atoms with Crippen molar-refractivity contribution >= 4 is 28.2 Å². The van der Waals surface area contributed by atoms with Crippen LogP contribution in [0.2, 0.25) is 0 Å². The number of nitrogens with zero attached hydrogens (tertiary/aromatic N) is 3. The molecule has 19 heavy (non-hydrogen) atoms. The van der Waals surface area contributed by atoms with Gasteiger partial charge >= 0.3 is 5.97 Å². The minimum atomic E-state index is -1.09. The molecule has 0 aliphatic rings. The second-order valence-corrected chi connectivity index (χ2v) is 4.72. The van der Waals surface area contributed by atoms with Gasteiger partial charge in [-0.25, -0.2) is 4.98 Å². The largest absolute Gasteiger partial charge is 0.480 e. The number of terminal acetylenes is 1. The third-order valence-corrected chi connectivity index (χ3v) is 3.21. The number of hydrogen-bond acceptors (Lipinski definition) is 4. The summed E-state index contributed by atoms with van der Waals surface area (Å²) in [5.74, 6) is 0.850. The molecule has 2 aromatic rings. The van der Waals surface area contributed by atoms with Gasteiger partial charge in [0.2, 0.25) is 5.91 Å². The summed E-state index contributed by atoms with van der Waals surface area (Å²) in [5, 5.41) is 10.6. The number of aliphatic carboxylic acids is 1. The quantitative estimate of drug-likeness (QED) is 0.807. The van der Waals surface area contributed by atoms with Gasteiger partial charge in [0.05, 0.1) is 18.7 Å². The van der Waals surface area contributed by atoms with E-state index in [-0.39, 0.29) is 18.9 Å². The van der Waals surface area contributed by atoms with E-state index in [0.29, 0.717) is 5.69 Å². The fourth-order valence-corrected chi connectivity index (χ4v) is 2.35. The summed E-state index contributed by atoms with van der Waals surface area (Å²) in [7, 11) is 0. The lowest BCUT2D eigenvalue weighted by molar-refractivity contribution is -0.143. The van der Waals surface area contributed by atoms with Crippen molar-refractivity contribution in [3.05, 3.63) is 23.5 Å². The van der Waals surface area contributed by atoms with Gasteiger partial charge in [-0.1, -0.05) is 5.92 Å². The summed E-state index contributed by atoms with van der Waals surface area (Å²) in [6.07, 6.45) is 8.76. The number of carbonyl (C=O) groups is 2. The van der Waals surface area contributed by atoms with E-state index in [1.54, 1.807) is 6.20 Å². The first-order chi connectivity index (χ1) is 9.10. The van der Waals surface area contributed by atoms with Crippen molar-refractivity contribution in [1.29, 1.82) is 0 Å². The predicted molar refractivity (Wildman–Crippen MR) is 69.8 cm³/mol. The fraction of sp³-hybridized carbons (Fsp3) is 0.250. The van der Waals surface area contributed by atoms with Gasteiger partial charge in [0.1, 0.15) is 6.54 Å². The summed E-state index contributed by atoms with van der Waals surface area (Å²) in [4.78, 5) is 28.8. The lowest BCUT2D eigenvalue weighted by Crippen LogP contribution is -2.37. The first-order valence-corrected chi connectivity index (χ1v) is 6.32. The summed E-state index contributed by atoms with van der Waals surface area (Å²) >= 11 is 1.47. The third kappa shape index (κ3) is 3.11. The van der Waals surface area contributed by atoms with Crippen LogP contribution in [0.1, 0.15) is 5.69 Å². The van der Waals surface area contributed by atoms with Crippen LogP contribution in [0.25, 0.3) is 4.96 Å². The lowest BCUT2D eigenvalue weighted by Gasteiger charge is -2.16. The molecule has 6 nitrogen and oxygen atoms in total. The number of amides is 1. The van der Waals surface area contributed by atoms with Crippen molar-refractivity contribution in [3.8, 4) is 12.3 Å². The molecule has 2 rings (SSSR count). The van der Waals surface area contributed by atoms with Gasteiger partial charge in [0.15, 0.2) is 4.96 Å². The Kier molecular flexibility index (Phi) is 3.82. The number of imidazole rings is 1. The van der Waals surface area contributed by atoms with E-state index in [2.05, 4.69) is 10.9 Å². The summed E-state index contributed by atoms with van der Waals surface area (Å²) < 4.78 is 1.82. The molecule has 0 aliphatic heterocycles. The molecule has 2 heterocycles. The van der Waals surface area contributed by atoms with Gasteiger partial charge in [-0.05, 0) is 0 Å². The monoisotopic (exact) mass is 277 g/mol.